The Labute approximate surface area is 275 Å². The van der Waals surface area contributed by atoms with Gasteiger partial charge in [-0.05, 0) is 66.4 Å². The molecule has 1 atom stereocenters. The van der Waals surface area contributed by atoms with Gasteiger partial charge in [0.2, 0.25) is 11.8 Å². The van der Waals surface area contributed by atoms with E-state index >= 15 is 0 Å². The zero-order valence-electron chi connectivity index (χ0n) is 25.5. The van der Waals surface area contributed by atoms with Crippen molar-refractivity contribution in [1.82, 2.24) is 10.2 Å². The molecule has 0 saturated carbocycles. The molecule has 7 nitrogen and oxygen atoms in total. The van der Waals surface area contributed by atoms with Gasteiger partial charge in [0.25, 0.3) is 10.0 Å². The van der Waals surface area contributed by atoms with E-state index in [2.05, 4.69) is 5.32 Å². The molecule has 0 bridgehead atoms. The maximum atomic E-state index is 14.5. The number of anilines is 1. The highest BCUT2D eigenvalue weighted by Gasteiger charge is 2.34. The zero-order chi connectivity index (χ0) is 32.6. The lowest BCUT2D eigenvalue weighted by molar-refractivity contribution is -0.140. The van der Waals surface area contributed by atoms with Gasteiger partial charge < -0.3 is 10.2 Å². The molecule has 45 heavy (non-hydrogen) atoms. The molecule has 0 fully saturated rings. The number of amides is 2. The Morgan fingerprint density at radius 1 is 0.800 bits per heavy atom. The van der Waals surface area contributed by atoms with Crippen molar-refractivity contribution in [2.24, 2.45) is 5.92 Å². The van der Waals surface area contributed by atoms with E-state index in [9.17, 15) is 18.0 Å². The number of halogens is 2. The molecule has 2 amide bonds. The van der Waals surface area contributed by atoms with E-state index in [1.54, 1.807) is 18.2 Å². The van der Waals surface area contributed by atoms with Crippen LogP contribution in [0.15, 0.2) is 108 Å². The van der Waals surface area contributed by atoms with E-state index in [4.69, 9.17) is 23.2 Å². The molecule has 0 aliphatic carbocycles. The van der Waals surface area contributed by atoms with Gasteiger partial charge in [0.05, 0.1) is 10.6 Å². The Kier molecular flexibility index (Phi) is 11.7. The number of rotatable bonds is 13. The number of benzene rings is 4. The molecular formula is C35H37Cl2N3O4S. The minimum atomic E-state index is -4.25. The monoisotopic (exact) mass is 665 g/mol. The maximum Gasteiger partial charge on any atom is 0.264 e. The number of nitrogens with one attached hydrogen (secondary N) is 1. The van der Waals surface area contributed by atoms with Crippen LogP contribution in [0.5, 0.6) is 0 Å². The Morgan fingerprint density at radius 2 is 1.47 bits per heavy atom. The second kappa shape index (κ2) is 15.4. The molecule has 1 N–H and O–H groups in total. The van der Waals surface area contributed by atoms with Gasteiger partial charge in [-0.1, -0.05) is 103 Å². The van der Waals surface area contributed by atoms with E-state index < -0.39 is 28.5 Å². The molecule has 0 aliphatic rings. The highest BCUT2D eigenvalue weighted by atomic mass is 35.5. The number of aryl methyl sites for hydroxylation is 1. The molecule has 0 aliphatic heterocycles. The SMILES string of the molecule is Cc1ccc(CN(C(=O)CN(c2cccc(Cl)c2)S(=O)(=O)c2ccc(Cl)cc2)C(Cc2ccccc2)C(=O)NCC(C)C)cc1. The predicted octanol–water partition coefficient (Wildman–Crippen LogP) is 6.91. The summed E-state index contributed by atoms with van der Waals surface area (Å²) in [4.78, 5) is 29.7. The summed E-state index contributed by atoms with van der Waals surface area (Å²) in [5.74, 6) is -0.674. The van der Waals surface area contributed by atoms with Crippen LogP contribution in [-0.2, 0) is 32.6 Å². The highest BCUT2D eigenvalue weighted by molar-refractivity contribution is 7.92. The van der Waals surface area contributed by atoms with Gasteiger partial charge in [0, 0.05) is 29.6 Å². The zero-order valence-corrected chi connectivity index (χ0v) is 27.8. The first kappa shape index (κ1) is 34.0. The molecule has 0 heterocycles. The molecule has 236 valence electrons. The molecule has 4 rings (SSSR count). The summed E-state index contributed by atoms with van der Waals surface area (Å²) in [7, 11) is -4.25. The lowest BCUT2D eigenvalue weighted by atomic mass is 10.0. The lowest BCUT2D eigenvalue weighted by Crippen LogP contribution is -2.53. The predicted molar refractivity (Wildman–Crippen MR) is 181 cm³/mol. The normalized spacial score (nSPS) is 12.0. The van der Waals surface area contributed by atoms with E-state index in [1.807, 2.05) is 75.4 Å². The third-order valence-electron chi connectivity index (χ3n) is 7.21. The summed E-state index contributed by atoms with van der Waals surface area (Å²) >= 11 is 12.3. The Morgan fingerprint density at radius 3 is 2.09 bits per heavy atom. The molecule has 0 spiro atoms. The maximum absolute atomic E-state index is 14.5. The molecule has 0 aromatic heterocycles. The molecule has 4 aromatic rings. The van der Waals surface area contributed by atoms with Gasteiger partial charge in [-0.15, -0.1) is 0 Å². The number of carbonyl (C=O) groups is 2. The molecular weight excluding hydrogens is 629 g/mol. The van der Waals surface area contributed by atoms with Crippen molar-refractivity contribution in [2.75, 3.05) is 17.4 Å². The quantitative estimate of drug-likeness (QED) is 0.168. The van der Waals surface area contributed by atoms with Crippen molar-refractivity contribution in [2.45, 2.75) is 44.7 Å². The Bertz CT molecular complexity index is 1700. The fourth-order valence-electron chi connectivity index (χ4n) is 4.76. The second-order valence-electron chi connectivity index (χ2n) is 11.3. The van der Waals surface area contributed by atoms with Gasteiger partial charge >= 0.3 is 0 Å². The minimum Gasteiger partial charge on any atom is -0.354 e. The molecule has 1 unspecified atom stereocenters. The summed E-state index contributed by atoms with van der Waals surface area (Å²) in [6.45, 7) is 5.90. The minimum absolute atomic E-state index is 0.0414. The molecule has 4 aromatic carbocycles. The van der Waals surface area contributed by atoms with Crippen LogP contribution in [0.25, 0.3) is 0 Å². The van der Waals surface area contributed by atoms with Crippen LogP contribution in [0.1, 0.15) is 30.5 Å². The van der Waals surface area contributed by atoms with E-state index in [1.165, 1.54) is 35.2 Å². The lowest BCUT2D eigenvalue weighted by Gasteiger charge is -2.34. The van der Waals surface area contributed by atoms with Crippen LogP contribution in [-0.4, -0.2) is 44.3 Å². The first-order valence-electron chi connectivity index (χ1n) is 14.6. The van der Waals surface area contributed by atoms with Crippen LogP contribution in [0.3, 0.4) is 0 Å². The van der Waals surface area contributed by atoms with E-state index in [0.29, 0.717) is 16.6 Å². The van der Waals surface area contributed by atoms with Gasteiger partial charge in [0.15, 0.2) is 0 Å². The standard InChI is InChI=1S/C35H37Cl2N3O4S/c1-25(2)22-38-35(42)33(20-27-8-5-4-6-9-27)39(23-28-14-12-26(3)13-15-28)34(41)24-40(31-11-7-10-30(37)21-31)45(43,44)32-18-16-29(36)17-19-32/h4-19,21,25,33H,20,22-24H2,1-3H3,(H,38,42). The van der Waals surface area contributed by atoms with Crippen LogP contribution < -0.4 is 9.62 Å². The van der Waals surface area contributed by atoms with Crippen molar-refractivity contribution in [3.63, 3.8) is 0 Å². The fourth-order valence-corrected chi connectivity index (χ4v) is 6.48. The fraction of sp³-hybridized carbons (Fsp3) is 0.257. The number of hydrogen-bond acceptors (Lipinski definition) is 4. The smallest absolute Gasteiger partial charge is 0.264 e. The van der Waals surface area contributed by atoms with Crippen molar-refractivity contribution in [1.29, 1.82) is 0 Å². The summed E-state index contributed by atoms with van der Waals surface area (Å²) in [5.41, 5.74) is 2.93. The van der Waals surface area contributed by atoms with Gasteiger partial charge in [0.1, 0.15) is 12.6 Å². The first-order chi connectivity index (χ1) is 21.4. The van der Waals surface area contributed by atoms with Gasteiger partial charge in [-0.25, -0.2) is 8.42 Å². The summed E-state index contributed by atoms with van der Waals surface area (Å²) < 4.78 is 29.2. The molecule has 0 saturated heterocycles. The third kappa shape index (κ3) is 9.33. The van der Waals surface area contributed by atoms with Crippen LogP contribution in [0.4, 0.5) is 5.69 Å². The third-order valence-corrected chi connectivity index (χ3v) is 9.48. The van der Waals surface area contributed by atoms with Gasteiger partial charge in [-0.3, -0.25) is 13.9 Å². The highest BCUT2D eigenvalue weighted by Crippen LogP contribution is 2.28. The number of hydrogen-bond donors (Lipinski definition) is 1. The largest absolute Gasteiger partial charge is 0.354 e. The van der Waals surface area contributed by atoms with Crippen molar-refractivity contribution < 1.29 is 18.0 Å². The molecule has 0 radical (unpaired) electrons. The number of carbonyl (C=O) groups excluding carboxylic acids is 2. The van der Waals surface area contributed by atoms with Crippen LogP contribution in [0.2, 0.25) is 10.0 Å². The topological polar surface area (TPSA) is 86.8 Å². The number of sulfonamides is 1. The van der Waals surface area contributed by atoms with E-state index in [0.717, 1.165) is 21.0 Å². The second-order valence-corrected chi connectivity index (χ2v) is 14.0. The summed E-state index contributed by atoms with van der Waals surface area (Å²) in [6, 6.07) is 28.3. The summed E-state index contributed by atoms with van der Waals surface area (Å²) in [6.07, 6.45) is 0.240. The number of nitrogens with zero attached hydrogens (tertiary/aromatic N) is 2. The van der Waals surface area contributed by atoms with Crippen molar-refractivity contribution >= 4 is 50.7 Å². The van der Waals surface area contributed by atoms with Crippen molar-refractivity contribution in [3.8, 4) is 0 Å². The first-order valence-corrected chi connectivity index (χ1v) is 16.8. The Hall–Kier alpha value is -3.85. The average molecular weight is 667 g/mol. The van der Waals surface area contributed by atoms with Crippen LogP contribution >= 0.6 is 23.2 Å². The summed E-state index contributed by atoms with van der Waals surface area (Å²) in [5, 5.41) is 3.67. The van der Waals surface area contributed by atoms with Crippen molar-refractivity contribution in [3.05, 3.63) is 130 Å². The van der Waals surface area contributed by atoms with E-state index in [-0.39, 0.29) is 35.4 Å². The van der Waals surface area contributed by atoms with Crippen LogP contribution in [0, 0.1) is 12.8 Å². The molecule has 10 heteroatoms. The van der Waals surface area contributed by atoms with Gasteiger partial charge in [-0.2, -0.15) is 0 Å². The Balaban J connectivity index is 1.79. The average Bonchev–Trinajstić information content (AvgIpc) is 3.01.